The van der Waals surface area contributed by atoms with Gasteiger partial charge in [-0.1, -0.05) is 25.1 Å². The number of hydrogen-bond acceptors (Lipinski definition) is 3. The minimum absolute atomic E-state index is 0.265. The fraction of sp³-hybridized carbons (Fsp3) is 0.529. The third-order valence-electron chi connectivity index (χ3n) is 4.68. The first-order valence-electron chi connectivity index (χ1n) is 7.62. The number of benzene rings is 1. The molecule has 3 rings (SSSR count). The van der Waals surface area contributed by atoms with Crippen molar-refractivity contribution in [2.24, 2.45) is 11.7 Å². The molecule has 0 saturated carbocycles. The van der Waals surface area contributed by atoms with Crippen molar-refractivity contribution in [3.8, 4) is 0 Å². The van der Waals surface area contributed by atoms with Crippen molar-refractivity contribution in [2.45, 2.75) is 38.8 Å². The molecule has 0 radical (unpaired) electrons. The lowest BCUT2D eigenvalue weighted by Gasteiger charge is -2.41. The molecule has 3 unspecified atom stereocenters. The first-order valence-corrected chi connectivity index (χ1v) is 7.62. The van der Waals surface area contributed by atoms with Crippen molar-refractivity contribution in [2.75, 3.05) is 13.1 Å². The van der Waals surface area contributed by atoms with Gasteiger partial charge in [0.2, 0.25) is 0 Å². The first kappa shape index (κ1) is 13.7. The maximum absolute atomic E-state index is 6.10. The SMILES string of the molecule is CC1CCN(C(CN)c2coc3ccccc23)C(C)C1. The van der Waals surface area contributed by atoms with Gasteiger partial charge < -0.3 is 10.2 Å². The van der Waals surface area contributed by atoms with E-state index in [0.29, 0.717) is 12.6 Å². The van der Waals surface area contributed by atoms with Crippen LogP contribution in [0.25, 0.3) is 11.0 Å². The summed E-state index contributed by atoms with van der Waals surface area (Å²) in [4.78, 5) is 2.55. The van der Waals surface area contributed by atoms with Crippen molar-refractivity contribution in [3.05, 3.63) is 36.1 Å². The molecular weight excluding hydrogens is 248 g/mol. The molecule has 3 nitrogen and oxygen atoms in total. The van der Waals surface area contributed by atoms with Crippen molar-refractivity contribution in [1.82, 2.24) is 4.90 Å². The summed E-state index contributed by atoms with van der Waals surface area (Å²) in [5.41, 5.74) is 8.30. The van der Waals surface area contributed by atoms with Crippen LogP contribution in [0.15, 0.2) is 34.9 Å². The van der Waals surface area contributed by atoms with E-state index in [-0.39, 0.29) is 6.04 Å². The fourth-order valence-electron chi connectivity index (χ4n) is 3.59. The Bertz CT molecular complexity index is 577. The lowest BCUT2D eigenvalue weighted by molar-refractivity contribution is 0.0850. The fourth-order valence-corrected chi connectivity index (χ4v) is 3.59. The van der Waals surface area contributed by atoms with Gasteiger partial charge in [-0.15, -0.1) is 0 Å². The van der Waals surface area contributed by atoms with Crippen molar-refractivity contribution in [3.63, 3.8) is 0 Å². The lowest BCUT2D eigenvalue weighted by Crippen LogP contribution is -2.44. The highest BCUT2D eigenvalue weighted by molar-refractivity contribution is 5.81. The Morgan fingerprint density at radius 1 is 1.35 bits per heavy atom. The highest BCUT2D eigenvalue weighted by Crippen LogP contribution is 2.34. The molecule has 1 aliphatic rings. The van der Waals surface area contributed by atoms with Gasteiger partial charge in [-0.2, -0.15) is 0 Å². The number of rotatable bonds is 3. The Balaban J connectivity index is 1.93. The van der Waals surface area contributed by atoms with Crippen LogP contribution in [0.5, 0.6) is 0 Å². The second-order valence-electron chi connectivity index (χ2n) is 6.16. The van der Waals surface area contributed by atoms with Crippen molar-refractivity contribution in [1.29, 1.82) is 0 Å². The molecule has 0 aliphatic carbocycles. The molecule has 1 fully saturated rings. The number of furan rings is 1. The number of para-hydroxylation sites is 1. The molecular formula is C17H24N2O. The van der Waals surface area contributed by atoms with E-state index >= 15 is 0 Å². The van der Waals surface area contributed by atoms with E-state index < -0.39 is 0 Å². The smallest absolute Gasteiger partial charge is 0.134 e. The molecule has 0 bridgehead atoms. The zero-order valence-electron chi connectivity index (χ0n) is 12.4. The summed E-state index contributed by atoms with van der Waals surface area (Å²) < 4.78 is 5.70. The third kappa shape index (κ3) is 2.36. The van der Waals surface area contributed by atoms with Crippen LogP contribution in [0.1, 0.15) is 38.3 Å². The van der Waals surface area contributed by atoms with Crippen LogP contribution in [0, 0.1) is 5.92 Å². The predicted octanol–water partition coefficient (Wildman–Crippen LogP) is 3.55. The zero-order chi connectivity index (χ0) is 14.1. The van der Waals surface area contributed by atoms with Gasteiger partial charge in [-0.3, -0.25) is 4.90 Å². The number of piperidine rings is 1. The predicted molar refractivity (Wildman–Crippen MR) is 82.6 cm³/mol. The van der Waals surface area contributed by atoms with E-state index in [9.17, 15) is 0 Å². The Morgan fingerprint density at radius 3 is 2.90 bits per heavy atom. The highest BCUT2D eigenvalue weighted by Gasteiger charge is 2.30. The summed E-state index contributed by atoms with van der Waals surface area (Å²) >= 11 is 0. The maximum atomic E-state index is 6.10. The van der Waals surface area contributed by atoms with E-state index in [4.69, 9.17) is 10.2 Å². The van der Waals surface area contributed by atoms with Crippen LogP contribution >= 0.6 is 0 Å². The molecule has 2 heterocycles. The second-order valence-corrected chi connectivity index (χ2v) is 6.16. The number of fused-ring (bicyclic) bond motifs is 1. The molecule has 3 heteroatoms. The molecule has 0 amide bonds. The molecule has 1 saturated heterocycles. The van der Waals surface area contributed by atoms with Gasteiger partial charge >= 0.3 is 0 Å². The largest absolute Gasteiger partial charge is 0.464 e. The summed E-state index contributed by atoms with van der Waals surface area (Å²) in [6.07, 6.45) is 4.41. The molecule has 3 atom stereocenters. The normalized spacial score (nSPS) is 25.9. The van der Waals surface area contributed by atoms with Crippen molar-refractivity contribution >= 4 is 11.0 Å². The Morgan fingerprint density at radius 2 is 2.15 bits per heavy atom. The standard InChI is InChI=1S/C17H24N2O/c1-12-7-8-19(13(2)9-12)16(10-18)15-11-20-17-6-4-3-5-14(15)17/h3-6,11-13,16H,7-10,18H2,1-2H3. The summed E-state index contributed by atoms with van der Waals surface area (Å²) in [6.45, 7) is 6.44. The van der Waals surface area contributed by atoms with Crippen LogP contribution in [0.4, 0.5) is 0 Å². The quantitative estimate of drug-likeness (QED) is 0.929. The molecule has 1 aromatic heterocycles. The Hall–Kier alpha value is -1.32. The van der Waals surface area contributed by atoms with Crippen LogP contribution in [-0.2, 0) is 0 Å². The third-order valence-corrected chi connectivity index (χ3v) is 4.68. The highest BCUT2D eigenvalue weighted by atomic mass is 16.3. The van der Waals surface area contributed by atoms with E-state index in [1.807, 2.05) is 18.4 Å². The van der Waals surface area contributed by atoms with Gasteiger partial charge in [0.1, 0.15) is 5.58 Å². The lowest BCUT2D eigenvalue weighted by atomic mass is 9.90. The van der Waals surface area contributed by atoms with E-state index in [0.717, 1.165) is 18.0 Å². The van der Waals surface area contributed by atoms with Crippen molar-refractivity contribution < 1.29 is 4.42 Å². The molecule has 1 aliphatic heterocycles. The first-order chi connectivity index (χ1) is 9.70. The summed E-state index contributed by atoms with van der Waals surface area (Å²) in [5, 5.41) is 1.20. The minimum Gasteiger partial charge on any atom is -0.464 e. The number of nitrogens with zero attached hydrogens (tertiary/aromatic N) is 1. The number of nitrogens with two attached hydrogens (primary N) is 1. The molecule has 1 aromatic carbocycles. The maximum Gasteiger partial charge on any atom is 0.134 e. The van der Waals surface area contributed by atoms with E-state index in [1.54, 1.807) is 0 Å². The van der Waals surface area contributed by atoms with Crippen LogP contribution in [0.2, 0.25) is 0 Å². The molecule has 2 aromatic rings. The monoisotopic (exact) mass is 272 g/mol. The average molecular weight is 272 g/mol. The number of hydrogen-bond donors (Lipinski definition) is 1. The van der Waals surface area contributed by atoms with Crippen LogP contribution in [0.3, 0.4) is 0 Å². The van der Waals surface area contributed by atoms with Gasteiger partial charge in [-0.05, 0) is 38.3 Å². The van der Waals surface area contributed by atoms with Gasteiger partial charge in [0.15, 0.2) is 0 Å². The molecule has 108 valence electrons. The van der Waals surface area contributed by atoms with Gasteiger partial charge in [0.05, 0.1) is 12.3 Å². The topological polar surface area (TPSA) is 42.4 Å². The summed E-state index contributed by atoms with van der Waals surface area (Å²) in [5.74, 6) is 0.820. The van der Waals surface area contributed by atoms with Crippen LogP contribution < -0.4 is 5.73 Å². The van der Waals surface area contributed by atoms with Gasteiger partial charge in [0, 0.05) is 23.5 Å². The van der Waals surface area contributed by atoms with E-state index in [2.05, 4.69) is 30.9 Å². The van der Waals surface area contributed by atoms with Crippen LogP contribution in [-0.4, -0.2) is 24.0 Å². The summed E-state index contributed by atoms with van der Waals surface area (Å²) in [7, 11) is 0. The van der Waals surface area contributed by atoms with Gasteiger partial charge in [-0.25, -0.2) is 0 Å². The van der Waals surface area contributed by atoms with Gasteiger partial charge in [0.25, 0.3) is 0 Å². The minimum atomic E-state index is 0.265. The van der Waals surface area contributed by atoms with E-state index in [1.165, 1.54) is 23.8 Å². The zero-order valence-corrected chi connectivity index (χ0v) is 12.4. The Labute approximate surface area is 120 Å². The Kier molecular flexibility index (Phi) is 3.81. The molecule has 0 spiro atoms. The average Bonchev–Trinajstić information content (AvgIpc) is 2.86. The molecule has 20 heavy (non-hydrogen) atoms. The molecule has 2 N–H and O–H groups in total. The number of likely N-dealkylation sites (tertiary alicyclic amines) is 1. The summed E-state index contributed by atoms with van der Waals surface area (Å²) in [6, 6.07) is 9.08. The second kappa shape index (κ2) is 5.58.